The average Bonchev–Trinajstić information content (AvgIpc) is 3.27. The van der Waals surface area contributed by atoms with Crippen LogP contribution in [0.4, 0.5) is 0 Å². The summed E-state index contributed by atoms with van der Waals surface area (Å²) in [5.74, 6) is 1.38. The number of hydrogen-bond donors (Lipinski definition) is 2. The van der Waals surface area contributed by atoms with Crippen LogP contribution < -0.4 is 10.6 Å². The molecule has 0 aliphatic heterocycles. The molecule has 6 nitrogen and oxygen atoms in total. The highest BCUT2D eigenvalue weighted by atomic mass is 32.1. The lowest BCUT2D eigenvalue weighted by Crippen LogP contribution is -2.38. The summed E-state index contributed by atoms with van der Waals surface area (Å²) >= 11 is 1.38. The lowest BCUT2D eigenvalue weighted by Gasteiger charge is -2.16. The van der Waals surface area contributed by atoms with Crippen LogP contribution in [0.1, 0.15) is 66.4 Å². The van der Waals surface area contributed by atoms with Crippen molar-refractivity contribution in [2.75, 3.05) is 19.7 Å². The van der Waals surface area contributed by atoms with E-state index >= 15 is 0 Å². The third kappa shape index (κ3) is 5.47. The highest BCUT2D eigenvalue weighted by molar-refractivity contribution is 7.13. The first kappa shape index (κ1) is 18.7. The number of nitrogens with one attached hydrogen (secondary N) is 2. The van der Waals surface area contributed by atoms with E-state index < -0.39 is 0 Å². The molecule has 134 valence electrons. The molecule has 0 bridgehead atoms. The zero-order valence-electron chi connectivity index (χ0n) is 15.0. The fourth-order valence-corrected chi connectivity index (χ4v) is 3.30. The van der Waals surface area contributed by atoms with Gasteiger partial charge in [0, 0.05) is 13.1 Å². The third-order valence-electron chi connectivity index (χ3n) is 3.85. The molecule has 1 heterocycles. The maximum absolute atomic E-state index is 11.9. The van der Waals surface area contributed by atoms with Gasteiger partial charge in [0.15, 0.2) is 5.96 Å². The van der Waals surface area contributed by atoms with Crippen molar-refractivity contribution in [3.05, 3.63) is 15.6 Å². The monoisotopic (exact) mass is 352 g/mol. The minimum absolute atomic E-state index is 0.0180. The lowest BCUT2D eigenvalue weighted by molar-refractivity contribution is 0.0531. The zero-order valence-corrected chi connectivity index (χ0v) is 15.8. The molecule has 1 fully saturated rings. The number of hydrogen-bond acceptors (Lipinski definition) is 5. The van der Waals surface area contributed by atoms with Crippen molar-refractivity contribution < 1.29 is 9.53 Å². The Balaban J connectivity index is 1.98. The fraction of sp³-hybridized carbons (Fsp3) is 0.706. The number of guanidine groups is 1. The van der Waals surface area contributed by atoms with E-state index in [0.29, 0.717) is 11.5 Å². The van der Waals surface area contributed by atoms with E-state index in [4.69, 9.17) is 4.74 Å². The van der Waals surface area contributed by atoms with Gasteiger partial charge in [-0.25, -0.2) is 9.78 Å². The Morgan fingerprint density at radius 1 is 1.46 bits per heavy atom. The van der Waals surface area contributed by atoms with Crippen molar-refractivity contribution in [1.29, 1.82) is 0 Å². The number of ether oxygens (including phenoxy) is 1. The summed E-state index contributed by atoms with van der Waals surface area (Å²) in [4.78, 5) is 21.7. The molecular weight excluding hydrogens is 324 g/mol. The largest absolute Gasteiger partial charge is 0.462 e. The van der Waals surface area contributed by atoms with Crippen LogP contribution in [0, 0.1) is 12.8 Å². The van der Waals surface area contributed by atoms with Crippen LogP contribution in [-0.2, 0) is 4.74 Å². The van der Waals surface area contributed by atoms with E-state index in [0.717, 1.165) is 42.1 Å². The second-order valence-corrected chi connectivity index (χ2v) is 7.08. The number of esters is 1. The molecule has 0 amide bonds. The van der Waals surface area contributed by atoms with Crippen LogP contribution in [0.2, 0.25) is 0 Å². The second kappa shape index (κ2) is 9.01. The van der Waals surface area contributed by atoms with Crippen molar-refractivity contribution >= 4 is 23.3 Å². The molecule has 0 radical (unpaired) electrons. The summed E-state index contributed by atoms with van der Waals surface area (Å²) in [5.41, 5.74) is 0.720. The standard InChI is InChI=1S/C17H28N4O2S/c1-5-18-17(19-10-9-13-7-8-13)21-12(4)15-20-11(3)14(24-15)16(22)23-6-2/h12-13H,5-10H2,1-4H3,(H2,18,19,21). The summed E-state index contributed by atoms with van der Waals surface area (Å²) in [7, 11) is 0. The van der Waals surface area contributed by atoms with Crippen molar-refractivity contribution in [2.45, 2.75) is 53.0 Å². The van der Waals surface area contributed by atoms with Gasteiger partial charge >= 0.3 is 5.97 Å². The number of aliphatic imine (C=N–C) groups is 1. The molecular formula is C17H28N4O2S. The molecule has 0 aromatic carbocycles. The van der Waals surface area contributed by atoms with Gasteiger partial charge in [-0.3, -0.25) is 4.99 Å². The van der Waals surface area contributed by atoms with Crippen LogP contribution in [0.3, 0.4) is 0 Å². The Kier molecular flexibility index (Phi) is 7.02. The minimum atomic E-state index is -0.295. The van der Waals surface area contributed by atoms with Gasteiger partial charge < -0.3 is 15.4 Å². The highest BCUT2D eigenvalue weighted by Gasteiger charge is 2.21. The second-order valence-electron chi connectivity index (χ2n) is 6.05. The predicted molar refractivity (Wildman–Crippen MR) is 97.7 cm³/mol. The first-order valence-electron chi connectivity index (χ1n) is 8.74. The molecule has 0 spiro atoms. The molecule has 2 rings (SSSR count). The molecule has 2 N–H and O–H groups in total. The zero-order chi connectivity index (χ0) is 17.5. The van der Waals surface area contributed by atoms with Crippen molar-refractivity contribution in [3.8, 4) is 0 Å². The van der Waals surface area contributed by atoms with Gasteiger partial charge in [-0.2, -0.15) is 0 Å². The molecule has 1 aliphatic rings. The van der Waals surface area contributed by atoms with E-state index in [2.05, 4.69) is 27.5 Å². The number of aryl methyl sites for hydroxylation is 1. The third-order valence-corrected chi connectivity index (χ3v) is 5.17. The molecule has 24 heavy (non-hydrogen) atoms. The van der Waals surface area contributed by atoms with E-state index in [1.54, 1.807) is 6.92 Å². The number of thiazole rings is 1. The molecule has 1 aromatic rings. The highest BCUT2D eigenvalue weighted by Crippen LogP contribution is 2.32. The van der Waals surface area contributed by atoms with Gasteiger partial charge in [0.05, 0.1) is 18.3 Å². The number of rotatable bonds is 8. The minimum Gasteiger partial charge on any atom is -0.462 e. The number of aromatic nitrogens is 1. The van der Waals surface area contributed by atoms with E-state index in [9.17, 15) is 4.79 Å². The number of carbonyl (C=O) groups is 1. The molecule has 1 aliphatic carbocycles. The Morgan fingerprint density at radius 2 is 2.21 bits per heavy atom. The Morgan fingerprint density at radius 3 is 2.83 bits per heavy atom. The maximum atomic E-state index is 11.9. The van der Waals surface area contributed by atoms with Gasteiger partial charge in [-0.1, -0.05) is 12.8 Å². The van der Waals surface area contributed by atoms with Gasteiger partial charge in [-0.05, 0) is 40.0 Å². The topological polar surface area (TPSA) is 75.6 Å². The Hall–Kier alpha value is -1.63. The van der Waals surface area contributed by atoms with Crippen molar-refractivity contribution in [2.24, 2.45) is 10.9 Å². The summed E-state index contributed by atoms with van der Waals surface area (Å²) in [6, 6.07) is -0.0180. The van der Waals surface area contributed by atoms with Crippen LogP contribution in [0.15, 0.2) is 4.99 Å². The molecule has 7 heteroatoms. The Labute approximate surface area is 148 Å². The molecule has 1 saturated carbocycles. The summed E-state index contributed by atoms with van der Waals surface area (Å²) in [5, 5.41) is 7.50. The molecule has 1 atom stereocenters. The van der Waals surface area contributed by atoms with Crippen LogP contribution in [-0.4, -0.2) is 36.6 Å². The van der Waals surface area contributed by atoms with Crippen LogP contribution in [0.5, 0.6) is 0 Å². The van der Waals surface area contributed by atoms with E-state index in [1.807, 2.05) is 13.8 Å². The van der Waals surface area contributed by atoms with Crippen molar-refractivity contribution in [3.63, 3.8) is 0 Å². The Bertz CT molecular complexity index is 581. The summed E-state index contributed by atoms with van der Waals surface area (Å²) in [6.45, 7) is 9.76. The molecule has 1 aromatic heterocycles. The fourth-order valence-electron chi connectivity index (χ4n) is 2.34. The smallest absolute Gasteiger partial charge is 0.350 e. The maximum Gasteiger partial charge on any atom is 0.350 e. The van der Waals surface area contributed by atoms with Gasteiger partial charge in [0.2, 0.25) is 0 Å². The van der Waals surface area contributed by atoms with Crippen molar-refractivity contribution in [1.82, 2.24) is 15.6 Å². The molecule has 0 saturated heterocycles. The van der Waals surface area contributed by atoms with Gasteiger partial charge in [-0.15, -0.1) is 11.3 Å². The summed E-state index contributed by atoms with van der Waals surface area (Å²) in [6.07, 6.45) is 3.87. The lowest BCUT2D eigenvalue weighted by atomic mass is 10.3. The van der Waals surface area contributed by atoms with E-state index in [-0.39, 0.29) is 12.0 Å². The molecule has 1 unspecified atom stereocenters. The predicted octanol–water partition coefficient (Wildman–Crippen LogP) is 3.04. The van der Waals surface area contributed by atoms with E-state index in [1.165, 1.54) is 24.2 Å². The van der Waals surface area contributed by atoms with Crippen LogP contribution in [0.25, 0.3) is 0 Å². The normalized spacial score (nSPS) is 15.9. The quantitative estimate of drug-likeness (QED) is 0.427. The number of carbonyl (C=O) groups excluding carboxylic acids is 1. The van der Waals surface area contributed by atoms with Gasteiger partial charge in [0.25, 0.3) is 0 Å². The summed E-state index contributed by atoms with van der Waals surface area (Å²) < 4.78 is 5.08. The van der Waals surface area contributed by atoms with Gasteiger partial charge in [0.1, 0.15) is 9.88 Å². The average molecular weight is 353 g/mol. The first-order chi connectivity index (χ1) is 11.5. The SMILES string of the molecule is CCNC(=NCCC1CC1)NC(C)c1nc(C)c(C(=O)OCC)s1. The van der Waals surface area contributed by atoms with Crippen LogP contribution >= 0.6 is 11.3 Å². The first-order valence-corrected chi connectivity index (χ1v) is 9.56. The number of nitrogens with zero attached hydrogens (tertiary/aromatic N) is 2.